The van der Waals surface area contributed by atoms with E-state index in [-0.39, 0.29) is 18.9 Å². The molecule has 0 radical (unpaired) electrons. The number of carbonyl (C=O) groups excluding carboxylic acids is 1. The van der Waals surface area contributed by atoms with Crippen LogP contribution in [0.25, 0.3) is 5.69 Å². The van der Waals surface area contributed by atoms with Crippen LogP contribution in [0.1, 0.15) is 18.9 Å². The fraction of sp³-hybridized carbons (Fsp3) is 0.312. The summed E-state index contributed by atoms with van der Waals surface area (Å²) in [6.45, 7) is 1.92. The number of aryl methyl sites for hydroxylation is 1. The van der Waals surface area contributed by atoms with Crippen LogP contribution in [0.3, 0.4) is 0 Å². The third kappa shape index (κ3) is 4.18. The lowest BCUT2D eigenvalue weighted by Crippen LogP contribution is -2.35. The van der Waals surface area contributed by atoms with Crippen LogP contribution in [0.2, 0.25) is 0 Å². The predicted octanol–water partition coefficient (Wildman–Crippen LogP) is 1.74. The molecule has 1 aromatic carbocycles. The summed E-state index contributed by atoms with van der Waals surface area (Å²) in [5.74, 6) is -1.15. The van der Waals surface area contributed by atoms with Gasteiger partial charge in [-0.25, -0.2) is 4.68 Å². The highest BCUT2D eigenvalue weighted by Crippen LogP contribution is 2.10. The van der Waals surface area contributed by atoms with Crippen LogP contribution in [0.4, 0.5) is 0 Å². The van der Waals surface area contributed by atoms with Crippen LogP contribution < -0.4 is 0 Å². The molecule has 2 aromatic rings. The quantitative estimate of drug-likeness (QED) is 0.845. The number of likely N-dealkylation sites (N-methyl/N-ethyl adjacent to an activating group) is 1. The van der Waals surface area contributed by atoms with Gasteiger partial charge in [0.25, 0.3) is 0 Å². The summed E-state index contributed by atoms with van der Waals surface area (Å²) in [7, 11) is 0. The number of carboxylic acids is 1. The van der Waals surface area contributed by atoms with Crippen LogP contribution in [0.5, 0.6) is 0 Å². The number of amides is 1. The highest BCUT2D eigenvalue weighted by Gasteiger charge is 2.15. The Labute approximate surface area is 129 Å². The first-order valence-corrected chi connectivity index (χ1v) is 7.18. The molecule has 6 heteroatoms. The topological polar surface area (TPSA) is 75.4 Å². The monoisotopic (exact) mass is 301 g/mol. The number of rotatable bonds is 7. The highest BCUT2D eigenvalue weighted by molar-refractivity contribution is 5.81. The Balaban J connectivity index is 1.93. The largest absolute Gasteiger partial charge is 0.480 e. The summed E-state index contributed by atoms with van der Waals surface area (Å²) < 4.78 is 1.76. The lowest BCUT2D eigenvalue weighted by atomic mass is 10.2. The Bertz CT molecular complexity index is 637. The summed E-state index contributed by atoms with van der Waals surface area (Å²) in [5, 5.41) is 13.0. The van der Waals surface area contributed by atoms with E-state index < -0.39 is 5.97 Å². The Morgan fingerprint density at radius 3 is 2.64 bits per heavy atom. The summed E-state index contributed by atoms with van der Waals surface area (Å²) in [5.41, 5.74) is 1.91. The van der Waals surface area contributed by atoms with Crippen LogP contribution in [0.15, 0.2) is 42.7 Å². The smallest absolute Gasteiger partial charge is 0.323 e. The summed E-state index contributed by atoms with van der Waals surface area (Å²) >= 11 is 0. The summed E-state index contributed by atoms with van der Waals surface area (Å²) in [4.78, 5) is 24.0. The fourth-order valence-corrected chi connectivity index (χ4v) is 2.16. The molecule has 0 bridgehead atoms. The van der Waals surface area contributed by atoms with Crippen molar-refractivity contribution in [3.63, 3.8) is 0 Å². The van der Waals surface area contributed by atoms with Gasteiger partial charge in [-0.05, 0) is 31.0 Å². The molecule has 0 aliphatic heterocycles. The van der Waals surface area contributed by atoms with Crippen molar-refractivity contribution in [1.29, 1.82) is 0 Å². The standard InChI is InChI=1S/C16H19N3O3/c1-2-18(12-16(21)22)15(20)9-8-13-10-17-19(11-13)14-6-4-3-5-7-14/h3-7,10-11H,2,8-9,12H2,1H3,(H,21,22). The lowest BCUT2D eigenvalue weighted by molar-refractivity contribution is -0.144. The van der Waals surface area contributed by atoms with Crippen LogP contribution in [-0.4, -0.2) is 44.8 Å². The molecule has 0 aliphatic carbocycles. The molecule has 0 atom stereocenters. The SMILES string of the molecule is CCN(CC(=O)O)C(=O)CCc1cnn(-c2ccccc2)c1. The van der Waals surface area contributed by atoms with Gasteiger partial charge in [-0.15, -0.1) is 0 Å². The van der Waals surface area contributed by atoms with Crippen molar-refractivity contribution in [2.75, 3.05) is 13.1 Å². The molecule has 22 heavy (non-hydrogen) atoms. The molecule has 0 saturated heterocycles. The van der Waals surface area contributed by atoms with Crippen molar-refractivity contribution in [3.8, 4) is 5.69 Å². The van der Waals surface area contributed by atoms with E-state index >= 15 is 0 Å². The lowest BCUT2D eigenvalue weighted by Gasteiger charge is -2.18. The maximum Gasteiger partial charge on any atom is 0.323 e. The van der Waals surface area contributed by atoms with Gasteiger partial charge in [0, 0.05) is 19.2 Å². The Morgan fingerprint density at radius 1 is 1.27 bits per heavy atom. The van der Waals surface area contributed by atoms with Gasteiger partial charge in [-0.3, -0.25) is 9.59 Å². The predicted molar refractivity (Wildman–Crippen MR) is 81.8 cm³/mol. The van der Waals surface area contributed by atoms with Crippen molar-refractivity contribution in [2.45, 2.75) is 19.8 Å². The molecule has 1 N–H and O–H groups in total. The number of aliphatic carboxylic acids is 1. The zero-order chi connectivity index (χ0) is 15.9. The minimum atomic E-state index is -0.993. The van der Waals surface area contributed by atoms with Gasteiger partial charge in [0.1, 0.15) is 6.54 Å². The number of hydrogen-bond acceptors (Lipinski definition) is 3. The highest BCUT2D eigenvalue weighted by atomic mass is 16.4. The number of hydrogen-bond donors (Lipinski definition) is 1. The van der Waals surface area contributed by atoms with Gasteiger partial charge in [0.2, 0.25) is 5.91 Å². The van der Waals surface area contributed by atoms with E-state index in [1.807, 2.05) is 36.5 Å². The number of para-hydroxylation sites is 1. The maximum absolute atomic E-state index is 12.0. The van der Waals surface area contributed by atoms with Crippen molar-refractivity contribution < 1.29 is 14.7 Å². The zero-order valence-electron chi connectivity index (χ0n) is 12.5. The number of aromatic nitrogens is 2. The summed E-state index contributed by atoms with van der Waals surface area (Å²) in [6.07, 6.45) is 4.44. The van der Waals surface area contributed by atoms with Gasteiger partial charge in [-0.1, -0.05) is 18.2 Å². The fourth-order valence-electron chi connectivity index (χ4n) is 2.16. The number of nitrogens with zero attached hydrogens (tertiary/aromatic N) is 3. The summed E-state index contributed by atoms with van der Waals surface area (Å²) in [6, 6.07) is 9.71. The van der Waals surface area contributed by atoms with E-state index in [9.17, 15) is 9.59 Å². The number of carboxylic acid groups (broad SMARTS) is 1. The molecule has 0 unspecified atom stereocenters. The van der Waals surface area contributed by atoms with E-state index in [0.29, 0.717) is 13.0 Å². The van der Waals surface area contributed by atoms with Crippen LogP contribution >= 0.6 is 0 Å². The second kappa shape index (κ2) is 7.40. The van der Waals surface area contributed by atoms with Crippen molar-refractivity contribution in [1.82, 2.24) is 14.7 Å². The molecular formula is C16H19N3O3. The average molecular weight is 301 g/mol. The molecule has 1 amide bonds. The maximum atomic E-state index is 12.0. The molecule has 0 fully saturated rings. The molecular weight excluding hydrogens is 282 g/mol. The Kier molecular flexibility index (Phi) is 5.30. The Morgan fingerprint density at radius 2 is 2.00 bits per heavy atom. The molecule has 2 rings (SSSR count). The van der Waals surface area contributed by atoms with E-state index in [4.69, 9.17) is 5.11 Å². The molecule has 116 valence electrons. The first-order chi connectivity index (χ1) is 10.6. The molecule has 1 aromatic heterocycles. The molecule has 0 aliphatic rings. The van der Waals surface area contributed by atoms with Gasteiger partial charge < -0.3 is 10.0 Å². The minimum absolute atomic E-state index is 0.155. The molecule has 1 heterocycles. The second-order valence-electron chi connectivity index (χ2n) is 4.93. The van der Waals surface area contributed by atoms with Crippen molar-refractivity contribution in [2.24, 2.45) is 0 Å². The van der Waals surface area contributed by atoms with Crippen LogP contribution in [-0.2, 0) is 16.0 Å². The number of carbonyl (C=O) groups is 2. The second-order valence-corrected chi connectivity index (χ2v) is 4.93. The van der Waals surface area contributed by atoms with Gasteiger partial charge in [0.15, 0.2) is 0 Å². The Hall–Kier alpha value is -2.63. The molecule has 0 spiro atoms. The molecule has 6 nitrogen and oxygen atoms in total. The van der Waals surface area contributed by atoms with E-state index in [2.05, 4.69) is 5.10 Å². The molecule has 0 saturated carbocycles. The first kappa shape index (κ1) is 15.8. The van der Waals surface area contributed by atoms with Gasteiger partial charge >= 0.3 is 5.97 Å². The minimum Gasteiger partial charge on any atom is -0.480 e. The zero-order valence-corrected chi connectivity index (χ0v) is 12.5. The first-order valence-electron chi connectivity index (χ1n) is 7.18. The van der Waals surface area contributed by atoms with E-state index in [1.165, 1.54) is 4.90 Å². The number of benzene rings is 1. The van der Waals surface area contributed by atoms with E-state index in [0.717, 1.165) is 11.3 Å². The normalized spacial score (nSPS) is 10.4. The third-order valence-corrected chi connectivity index (χ3v) is 3.34. The van der Waals surface area contributed by atoms with Crippen molar-refractivity contribution >= 4 is 11.9 Å². The van der Waals surface area contributed by atoms with Gasteiger partial charge in [-0.2, -0.15) is 5.10 Å². The van der Waals surface area contributed by atoms with Crippen molar-refractivity contribution in [3.05, 3.63) is 48.3 Å². The third-order valence-electron chi connectivity index (χ3n) is 3.34. The average Bonchev–Trinajstić information content (AvgIpc) is 3.00. The van der Waals surface area contributed by atoms with E-state index in [1.54, 1.807) is 17.8 Å². The van der Waals surface area contributed by atoms with Crippen LogP contribution in [0, 0.1) is 0 Å². The van der Waals surface area contributed by atoms with Gasteiger partial charge in [0.05, 0.1) is 11.9 Å².